The van der Waals surface area contributed by atoms with Crippen LogP contribution >= 0.6 is 0 Å². The molecule has 2 unspecified atom stereocenters. The Hall–Kier alpha value is -1.45. The van der Waals surface area contributed by atoms with Crippen LogP contribution in [0, 0.1) is 0 Å². The Bertz CT molecular complexity index is 513. The van der Waals surface area contributed by atoms with Gasteiger partial charge in [0.25, 0.3) is 0 Å². The van der Waals surface area contributed by atoms with Crippen molar-refractivity contribution in [3.8, 4) is 0 Å². The van der Waals surface area contributed by atoms with Crippen LogP contribution in [-0.4, -0.2) is 16.5 Å². The highest BCUT2D eigenvalue weighted by Gasteiger charge is 2.14. The van der Waals surface area contributed by atoms with Crippen molar-refractivity contribution in [3.05, 3.63) is 66.2 Å². The molecule has 2 rings (SSSR count). The average molecular weight is 273 g/mol. The first-order valence-corrected chi connectivity index (χ1v) is 7.85. The summed E-state index contributed by atoms with van der Waals surface area (Å²) in [6.45, 7) is 2.94. The molecule has 0 bridgehead atoms. The van der Waals surface area contributed by atoms with Crippen molar-refractivity contribution in [2.45, 2.75) is 17.9 Å². The minimum atomic E-state index is -0.978. The lowest BCUT2D eigenvalue weighted by molar-refractivity contribution is 0.594. The summed E-state index contributed by atoms with van der Waals surface area (Å²) in [6.07, 6.45) is 0. The molecule has 0 aliphatic heterocycles. The molecular weight excluding hydrogens is 254 g/mol. The third-order valence-corrected chi connectivity index (χ3v) is 4.41. The van der Waals surface area contributed by atoms with Gasteiger partial charge in [-0.05, 0) is 24.2 Å². The molecule has 3 heteroatoms. The van der Waals surface area contributed by atoms with Gasteiger partial charge in [0.1, 0.15) is 0 Å². The maximum atomic E-state index is 12.4. The lowest BCUT2D eigenvalue weighted by atomic mass is 10.1. The van der Waals surface area contributed by atoms with E-state index in [0.717, 1.165) is 11.4 Å². The van der Waals surface area contributed by atoms with Gasteiger partial charge in [0.05, 0.1) is 10.8 Å². The van der Waals surface area contributed by atoms with Gasteiger partial charge in [-0.2, -0.15) is 0 Å². The number of nitrogens with one attached hydrogen (secondary N) is 1. The molecule has 0 aromatic heterocycles. The Morgan fingerprint density at radius 2 is 1.58 bits per heavy atom. The Morgan fingerprint density at radius 1 is 1.00 bits per heavy atom. The van der Waals surface area contributed by atoms with E-state index in [9.17, 15) is 4.21 Å². The van der Waals surface area contributed by atoms with Gasteiger partial charge < -0.3 is 5.32 Å². The van der Waals surface area contributed by atoms with E-state index in [1.165, 1.54) is 5.56 Å². The number of benzene rings is 2. The molecule has 0 saturated heterocycles. The Balaban J connectivity index is 2.11. The molecule has 2 aromatic carbocycles. The SMILES string of the molecule is CCNC(CS(=O)c1ccccc1)c1ccccc1. The van der Waals surface area contributed by atoms with Gasteiger partial charge in [-0.3, -0.25) is 4.21 Å². The predicted octanol–water partition coefficient (Wildman–Crippen LogP) is 3.15. The van der Waals surface area contributed by atoms with E-state index in [4.69, 9.17) is 0 Å². The summed E-state index contributed by atoms with van der Waals surface area (Å²) >= 11 is 0. The fourth-order valence-corrected chi connectivity index (χ4v) is 3.29. The molecule has 1 N–H and O–H groups in total. The molecule has 0 amide bonds. The normalized spacial score (nSPS) is 13.9. The molecule has 0 fully saturated rings. The lowest BCUT2D eigenvalue weighted by Crippen LogP contribution is -2.26. The van der Waals surface area contributed by atoms with Crippen molar-refractivity contribution in [3.63, 3.8) is 0 Å². The molecule has 0 saturated carbocycles. The van der Waals surface area contributed by atoms with Crippen LogP contribution in [0.15, 0.2) is 65.6 Å². The molecule has 0 radical (unpaired) electrons. The smallest absolute Gasteiger partial charge is 0.0548 e. The van der Waals surface area contributed by atoms with Crippen LogP contribution in [0.4, 0.5) is 0 Å². The molecule has 0 aliphatic carbocycles. The number of hydrogen-bond donors (Lipinski definition) is 1. The van der Waals surface area contributed by atoms with Crippen molar-refractivity contribution >= 4 is 10.8 Å². The maximum Gasteiger partial charge on any atom is 0.0548 e. The summed E-state index contributed by atoms with van der Waals surface area (Å²) in [7, 11) is -0.978. The van der Waals surface area contributed by atoms with Crippen molar-refractivity contribution < 1.29 is 4.21 Å². The third kappa shape index (κ3) is 4.01. The number of hydrogen-bond acceptors (Lipinski definition) is 2. The predicted molar refractivity (Wildman–Crippen MR) is 80.6 cm³/mol. The second-order valence-corrected chi connectivity index (χ2v) is 5.84. The first-order chi connectivity index (χ1) is 9.31. The Morgan fingerprint density at radius 3 is 2.16 bits per heavy atom. The average Bonchev–Trinajstić information content (AvgIpc) is 2.48. The Labute approximate surface area is 117 Å². The van der Waals surface area contributed by atoms with Crippen molar-refractivity contribution in [2.75, 3.05) is 12.3 Å². The molecule has 2 nitrogen and oxygen atoms in total. The van der Waals surface area contributed by atoms with Gasteiger partial charge in [0.2, 0.25) is 0 Å². The molecule has 2 aromatic rings. The van der Waals surface area contributed by atoms with Crippen LogP contribution in [0.25, 0.3) is 0 Å². The van der Waals surface area contributed by atoms with Crippen molar-refractivity contribution in [2.24, 2.45) is 0 Å². The van der Waals surface area contributed by atoms with Crippen LogP contribution in [0.2, 0.25) is 0 Å². The van der Waals surface area contributed by atoms with E-state index in [0.29, 0.717) is 5.75 Å². The minimum Gasteiger partial charge on any atom is -0.309 e. The van der Waals surface area contributed by atoms with Gasteiger partial charge >= 0.3 is 0 Å². The molecule has 19 heavy (non-hydrogen) atoms. The standard InChI is InChI=1S/C16H19NOS/c1-2-17-16(14-9-5-3-6-10-14)13-19(18)15-11-7-4-8-12-15/h3-12,16-17H,2,13H2,1H3. The van der Waals surface area contributed by atoms with Crippen molar-refractivity contribution in [1.82, 2.24) is 5.32 Å². The van der Waals surface area contributed by atoms with Crippen LogP contribution in [-0.2, 0) is 10.8 Å². The third-order valence-electron chi connectivity index (χ3n) is 2.98. The van der Waals surface area contributed by atoms with E-state index in [1.807, 2.05) is 48.5 Å². The summed E-state index contributed by atoms with van der Waals surface area (Å²) in [6, 6.07) is 20.0. The van der Waals surface area contributed by atoms with Gasteiger partial charge in [0.15, 0.2) is 0 Å². The van der Waals surface area contributed by atoms with Crippen LogP contribution in [0.3, 0.4) is 0 Å². The summed E-state index contributed by atoms with van der Waals surface area (Å²) in [5, 5.41) is 3.41. The monoisotopic (exact) mass is 273 g/mol. The summed E-state index contributed by atoms with van der Waals surface area (Å²) in [5.41, 5.74) is 1.19. The fourth-order valence-electron chi connectivity index (χ4n) is 2.02. The van der Waals surface area contributed by atoms with E-state index in [2.05, 4.69) is 24.4 Å². The topological polar surface area (TPSA) is 29.1 Å². The van der Waals surface area contributed by atoms with Gasteiger partial charge in [-0.25, -0.2) is 0 Å². The van der Waals surface area contributed by atoms with E-state index in [1.54, 1.807) is 0 Å². The summed E-state index contributed by atoms with van der Waals surface area (Å²) in [4.78, 5) is 0.890. The Kier molecular flexibility index (Phi) is 5.31. The number of rotatable bonds is 6. The fraction of sp³-hybridized carbons (Fsp3) is 0.250. The van der Waals surface area contributed by atoms with Gasteiger partial charge in [0, 0.05) is 16.7 Å². The zero-order valence-electron chi connectivity index (χ0n) is 11.1. The van der Waals surface area contributed by atoms with E-state index >= 15 is 0 Å². The molecule has 0 aliphatic rings. The van der Waals surface area contributed by atoms with Crippen LogP contribution in [0.5, 0.6) is 0 Å². The van der Waals surface area contributed by atoms with E-state index < -0.39 is 10.8 Å². The van der Waals surface area contributed by atoms with Gasteiger partial charge in [-0.15, -0.1) is 0 Å². The largest absolute Gasteiger partial charge is 0.309 e. The molecule has 0 spiro atoms. The first kappa shape index (κ1) is 14.0. The summed E-state index contributed by atoms with van der Waals surface area (Å²) in [5.74, 6) is 0.599. The minimum absolute atomic E-state index is 0.132. The molecular formula is C16H19NOS. The molecule has 2 atom stereocenters. The van der Waals surface area contributed by atoms with Crippen LogP contribution in [0.1, 0.15) is 18.5 Å². The van der Waals surface area contributed by atoms with E-state index in [-0.39, 0.29) is 6.04 Å². The van der Waals surface area contributed by atoms with Crippen molar-refractivity contribution in [1.29, 1.82) is 0 Å². The van der Waals surface area contributed by atoms with Crippen LogP contribution < -0.4 is 5.32 Å². The molecule has 100 valence electrons. The second kappa shape index (κ2) is 7.22. The second-order valence-electron chi connectivity index (χ2n) is 4.35. The maximum absolute atomic E-state index is 12.4. The van der Waals surface area contributed by atoms with Gasteiger partial charge in [-0.1, -0.05) is 55.5 Å². The highest BCUT2D eigenvalue weighted by Crippen LogP contribution is 2.17. The highest BCUT2D eigenvalue weighted by molar-refractivity contribution is 7.85. The lowest BCUT2D eigenvalue weighted by Gasteiger charge is -2.18. The zero-order valence-corrected chi connectivity index (χ0v) is 11.9. The highest BCUT2D eigenvalue weighted by atomic mass is 32.2. The summed E-state index contributed by atoms with van der Waals surface area (Å²) < 4.78 is 12.4. The zero-order chi connectivity index (χ0) is 13.5. The quantitative estimate of drug-likeness (QED) is 0.876. The molecule has 0 heterocycles. The first-order valence-electron chi connectivity index (χ1n) is 6.53.